The molecule has 8 nitrogen and oxygen atoms in total. The zero-order valence-corrected chi connectivity index (χ0v) is 23.4. The first kappa shape index (κ1) is 27.8. The molecule has 222 valence electrons. The molecule has 0 saturated heterocycles. The molecule has 0 atom stereocenters. The number of alkyl halides is 3. The third-order valence-electron chi connectivity index (χ3n) is 8.63. The van der Waals surface area contributed by atoms with Crippen LogP contribution in [0.15, 0.2) is 90.0 Å². The normalized spacial score (nSPS) is 19.8. The molecule has 1 aliphatic carbocycles. The van der Waals surface area contributed by atoms with E-state index in [2.05, 4.69) is 4.98 Å². The SMILES string of the molecule is Cn1c(-c2ccc([C@]3(N4C(=O)c5ccccc5C4=O)C[C@H](O)C3)cc2)c(-c2ccccc2)c2c(=O)n(CC(F)(F)F)cnc21. The Balaban J connectivity index is 1.37. The van der Waals surface area contributed by atoms with Crippen LogP contribution in [0.4, 0.5) is 13.2 Å². The molecule has 1 fully saturated rings. The summed E-state index contributed by atoms with van der Waals surface area (Å²) in [7, 11) is 1.70. The Morgan fingerprint density at radius 3 is 2.02 bits per heavy atom. The molecule has 1 aliphatic heterocycles. The summed E-state index contributed by atoms with van der Waals surface area (Å²) in [6, 6.07) is 22.7. The molecule has 0 spiro atoms. The van der Waals surface area contributed by atoms with Crippen LogP contribution in [0.1, 0.15) is 39.1 Å². The zero-order chi connectivity index (χ0) is 31.0. The summed E-state index contributed by atoms with van der Waals surface area (Å²) in [6.45, 7) is -1.46. The van der Waals surface area contributed by atoms with Crippen molar-refractivity contribution >= 4 is 22.8 Å². The van der Waals surface area contributed by atoms with Crippen LogP contribution in [0.2, 0.25) is 0 Å². The smallest absolute Gasteiger partial charge is 0.393 e. The number of rotatable bonds is 5. The number of imide groups is 1. The second-order valence-electron chi connectivity index (χ2n) is 11.3. The predicted molar refractivity (Wildman–Crippen MR) is 156 cm³/mol. The maximum atomic E-state index is 13.5. The average molecular weight is 599 g/mol. The van der Waals surface area contributed by atoms with Crippen LogP contribution in [-0.2, 0) is 19.1 Å². The number of nitrogens with zero attached hydrogens (tertiary/aromatic N) is 4. The molecule has 5 aromatic rings. The van der Waals surface area contributed by atoms with E-state index in [0.717, 1.165) is 6.33 Å². The van der Waals surface area contributed by atoms with Gasteiger partial charge in [0, 0.05) is 25.5 Å². The molecule has 1 saturated carbocycles. The fraction of sp³-hybridized carbons (Fsp3) is 0.212. The second kappa shape index (κ2) is 9.75. The van der Waals surface area contributed by atoms with E-state index in [-0.39, 0.29) is 23.9 Å². The van der Waals surface area contributed by atoms with Crippen LogP contribution in [0.3, 0.4) is 0 Å². The quantitative estimate of drug-likeness (QED) is 0.278. The molecular weight excluding hydrogens is 573 g/mol. The van der Waals surface area contributed by atoms with E-state index in [9.17, 15) is 32.7 Å². The Hall–Kier alpha value is -5.03. The number of amides is 2. The number of fused-ring (bicyclic) bond motifs is 2. The number of carbonyl (C=O) groups excluding carboxylic acids is 2. The molecule has 3 aromatic carbocycles. The van der Waals surface area contributed by atoms with E-state index >= 15 is 0 Å². The standard InChI is InChI=1S/C33H25F3N4O4/c1-38-27(25(19-7-3-2-4-8-19)26-28(38)37-18-39(31(26)44)17-33(34,35)36)20-11-13-21(14-12-20)32(15-22(41)16-32)40-29(42)23-9-5-6-10-24(23)30(40)43/h2-14,18,22,41H,15-17H2,1H3/t22-,32-. The Kier molecular flexibility index (Phi) is 6.15. The van der Waals surface area contributed by atoms with Crippen molar-refractivity contribution in [2.45, 2.75) is 37.2 Å². The highest BCUT2D eigenvalue weighted by Gasteiger charge is 2.56. The highest BCUT2D eigenvalue weighted by molar-refractivity contribution is 6.22. The first-order valence-corrected chi connectivity index (χ1v) is 14.0. The van der Waals surface area contributed by atoms with Crippen LogP contribution in [0.5, 0.6) is 0 Å². The molecule has 11 heteroatoms. The summed E-state index contributed by atoms with van der Waals surface area (Å²) >= 11 is 0. The maximum Gasteiger partial charge on any atom is 0.406 e. The lowest BCUT2D eigenvalue weighted by atomic mass is 9.68. The number of aliphatic hydroxyl groups excluding tert-OH is 1. The fourth-order valence-corrected chi connectivity index (χ4v) is 6.66. The van der Waals surface area contributed by atoms with Crippen molar-refractivity contribution in [3.63, 3.8) is 0 Å². The third kappa shape index (κ3) is 4.10. The lowest BCUT2D eigenvalue weighted by Crippen LogP contribution is -2.59. The van der Waals surface area contributed by atoms with Gasteiger partial charge < -0.3 is 9.67 Å². The topological polar surface area (TPSA) is 97.4 Å². The van der Waals surface area contributed by atoms with Crippen molar-refractivity contribution in [1.29, 1.82) is 0 Å². The number of aromatic nitrogens is 3. The van der Waals surface area contributed by atoms with Crippen molar-refractivity contribution < 1.29 is 27.9 Å². The number of benzene rings is 3. The largest absolute Gasteiger partial charge is 0.406 e. The van der Waals surface area contributed by atoms with E-state index in [1.165, 1.54) is 4.90 Å². The van der Waals surface area contributed by atoms with E-state index in [4.69, 9.17) is 0 Å². The summed E-state index contributed by atoms with van der Waals surface area (Å²) in [5, 5.41) is 10.4. The molecule has 7 rings (SSSR count). The fourth-order valence-electron chi connectivity index (χ4n) is 6.66. The van der Waals surface area contributed by atoms with Gasteiger partial charge in [0.25, 0.3) is 17.4 Å². The maximum absolute atomic E-state index is 13.5. The highest BCUT2D eigenvalue weighted by Crippen LogP contribution is 2.50. The van der Waals surface area contributed by atoms with Crippen molar-refractivity contribution in [3.05, 3.63) is 112 Å². The molecule has 0 bridgehead atoms. The number of aryl methyl sites for hydroxylation is 1. The Morgan fingerprint density at radius 1 is 0.864 bits per heavy atom. The van der Waals surface area contributed by atoms with Crippen molar-refractivity contribution in [2.75, 3.05) is 0 Å². The van der Waals surface area contributed by atoms with Crippen LogP contribution >= 0.6 is 0 Å². The van der Waals surface area contributed by atoms with Gasteiger partial charge in [-0.15, -0.1) is 0 Å². The van der Waals surface area contributed by atoms with Crippen LogP contribution in [-0.4, -0.2) is 48.2 Å². The minimum Gasteiger partial charge on any atom is -0.393 e. The number of hydrogen-bond donors (Lipinski definition) is 1. The Morgan fingerprint density at radius 2 is 1.45 bits per heavy atom. The predicted octanol–water partition coefficient (Wildman–Crippen LogP) is 5.28. The average Bonchev–Trinajstić information content (AvgIpc) is 3.43. The minimum atomic E-state index is -4.61. The zero-order valence-electron chi connectivity index (χ0n) is 23.4. The molecular formula is C33H25F3N4O4. The Bertz CT molecular complexity index is 1990. The summed E-state index contributed by atoms with van der Waals surface area (Å²) in [5.74, 6) is -0.828. The Labute approximate surface area is 248 Å². The summed E-state index contributed by atoms with van der Waals surface area (Å²) < 4.78 is 42.1. The van der Waals surface area contributed by atoms with Crippen molar-refractivity contribution in [3.8, 4) is 22.4 Å². The van der Waals surface area contributed by atoms with Crippen molar-refractivity contribution in [1.82, 2.24) is 19.0 Å². The van der Waals surface area contributed by atoms with Crippen LogP contribution < -0.4 is 5.56 Å². The molecule has 2 amide bonds. The van der Waals surface area contributed by atoms with Gasteiger partial charge in [-0.3, -0.25) is 23.9 Å². The van der Waals surface area contributed by atoms with Gasteiger partial charge in [-0.25, -0.2) is 4.98 Å². The molecule has 0 unspecified atom stereocenters. The van der Waals surface area contributed by atoms with Gasteiger partial charge in [0.2, 0.25) is 0 Å². The molecule has 0 radical (unpaired) electrons. The van der Waals surface area contributed by atoms with Gasteiger partial charge >= 0.3 is 6.18 Å². The van der Waals surface area contributed by atoms with Crippen LogP contribution in [0.25, 0.3) is 33.4 Å². The van der Waals surface area contributed by atoms with Gasteiger partial charge in [-0.05, 0) is 28.8 Å². The highest BCUT2D eigenvalue weighted by atomic mass is 19.4. The van der Waals surface area contributed by atoms with E-state index < -0.39 is 41.7 Å². The first-order valence-electron chi connectivity index (χ1n) is 14.0. The number of aliphatic hydroxyl groups is 1. The summed E-state index contributed by atoms with van der Waals surface area (Å²) in [4.78, 5) is 45.8. The van der Waals surface area contributed by atoms with Gasteiger partial charge in [0.05, 0.1) is 33.8 Å². The number of carbonyl (C=O) groups is 2. The number of halogens is 3. The van der Waals surface area contributed by atoms with E-state index in [0.29, 0.717) is 43.6 Å². The summed E-state index contributed by atoms with van der Waals surface area (Å²) in [6.07, 6.45) is -4.02. The molecule has 2 aliphatic rings. The van der Waals surface area contributed by atoms with Gasteiger partial charge in [-0.1, -0.05) is 66.7 Å². The lowest BCUT2D eigenvalue weighted by molar-refractivity contribution is -0.141. The van der Waals surface area contributed by atoms with Gasteiger partial charge in [0.1, 0.15) is 18.5 Å². The van der Waals surface area contributed by atoms with Crippen LogP contribution in [0, 0.1) is 0 Å². The first-order chi connectivity index (χ1) is 21.0. The van der Waals surface area contributed by atoms with Crippen molar-refractivity contribution in [2.24, 2.45) is 7.05 Å². The third-order valence-corrected chi connectivity index (χ3v) is 8.63. The minimum absolute atomic E-state index is 0.0640. The molecule has 1 N–H and O–H groups in total. The van der Waals surface area contributed by atoms with Gasteiger partial charge in [0.15, 0.2) is 0 Å². The molecule has 2 aromatic heterocycles. The lowest BCUT2D eigenvalue weighted by Gasteiger charge is -2.50. The monoisotopic (exact) mass is 598 g/mol. The van der Waals surface area contributed by atoms with E-state index in [1.54, 1.807) is 90.5 Å². The molecule has 3 heterocycles. The second-order valence-corrected chi connectivity index (χ2v) is 11.3. The molecule has 44 heavy (non-hydrogen) atoms. The number of hydrogen-bond acceptors (Lipinski definition) is 5. The summed E-state index contributed by atoms with van der Waals surface area (Å²) in [5.41, 5.74) is 1.97. The van der Waals surface area contributed by atoms with E-state index in [1.807, 2.05) is 0 Å². The van der Waals surface area contributed by atoms with Gasteiger partial charge in [-0.2, -0.15) is 13.2 Å².